The van der Waals surface area contributed by atoms with Crippen LogP contribution >= 0.6 is 0 Å². The Morgan fingerprint density at radius 1 is 1.04 bits per heavy atom. The highest BCUT2D eigenvalue weighted by molar-refractivity contribution is 6.07. The van der Waals surface area contributed by atoms with Crippen LogP contribution in [0.5, 0.6) is 23.0 Å². The quantitative estimate of drug-likeness (QED) is 0.520. The van der Waals surface area contributed by atoms with Gasteiger partial charge in [0.25, 0.3) is 0 Å². The summed E-state index contributed by atoms with van der Waals surface area (Å²) >= 11 is 0. The molecule has 0 saturated heterocycles. The van der Waals surface area contributed by atoms with E-state index in [0.29, 0.717) is 28.5 Å². The maximum atomic E-state index is 12.4. The van der Waals surface area contributed by atoms with E-state index in [4.69, 9.17) is 18.9 Å². The van der Waals surface area contributed by atoms with Crippen LogP contribution in [-0.2, 0) is 0 Å². The molecular weight excluding hydrogens is 360 g/mol. The first-order valence-corrected chi connectivity index (χ1v) is 8.58. The molecule has 1 aliphatic heterocycles. The van der Waals surface area contributed by atoms with Crippen LogP contribution in [0, 0.1) is 0 Å². The van der Waals surface area contributed by atoms with E-state index in [2.05, 4.69) is 10.2 Å². The number of aromatic amines is 1. The van der Waals surface area contributed by atoms with Gasteiger partial charge in [0.15, 0.2) is 28.8 Å². The number of ether oxygens (including phenoxy) is 4. The van der Waals surface area contributed by atoms with Gasteiger partial charge in [0.2, 0.25) is 6.79 Å². The Morgan fingerprint density at radius 2 is 1.86 bits per heavy atom. The number of carbonyl (C=O) groups excluding carboxylic acids is 1. The molecule has 1 aromatic heterocycles. The van der Waals surface area contributed by atoms with E-state index in [1.165, 1.54) is 13.2 Å². The smallest absolute Gasteiger partial charge is 0.231 e. The van der Waals surface area contributed by atoms with Crippen molar-refractivity contribution in [1.29, 1.82) is 0 Å². The number of carbonyl (C=O) groups is 1. The van der Waals surface area contributed by atoms with Crippen molar-refractivity contribution in [1.82, 2.24) is 10.2 Å². The molecule has 2 aromatic carbocycles. The van der Waals surface area contributed by atoms with Crippen molar-refractivity contribution in [3.8, 4) is 34.3 Å². The van der Waals surface area contributed by atoms with E-state index >= 15 is 0 Å². The van der Waals surface area contributed by atoms with E-state index in [1.807, 2.05) is 24.3 Å². The van der Waals surface area contributed by atoms with Gasteiger partial charge in [-0.3, -0.25) is 9.89 Å². The summed E-state index contributed by atoms with van der Waals surface area (Å²) in [7, 11) is 3.08. The molecule has 0 atom stereocenters. The molecule has 142 valence electrons. The van der Waals surface area contributed by atoms with Gasteiger partial charge in [-0.05, 0) is 54.6 Å². The SMILES string of the molecule is COc1ccc(C(=O)C=Cc2cc(-c3ccc4c(c3)OCO4)n[nH]2)cc1OC. The summed E-state index contributed by atoms with van der Waals surface area (Å²) < 4.78 is 21.1. The van der Waals surface area contributed by atoms with Crippen molar-refractivity contribution in [3.05, 3.63) is 59.8 Å². The Hall–Kier alpha value is -3.74. The fourth-order valence-electron chi connectivity index (χ4n) is 2.88. The van der Waals surface area contributed by atoms with Gasteiger partial charge >= 0.3 is 0 Å². The second-order valence-electron chi connectivity index (χ2n) is 6.04. The third-order valence-electron chi connectivity index (χ3n) is 4.35. The number of rotatable bonds is 6. The highest BCUT2D eigenvalue weighted by Crippen LogP contribution is 2.35. The molecule has 1 N–H and O–H groups in total. The number of hydrogen-bond acceptors (Lipinski definition) is 6. The molecule has 28 heavy (non-hydrogen) atoms. The predicted octanol–water partition coefficient (Wildman–Crippen LogP) is 3.72. The molecule has 0 aliphatic carbocycles. The molecule has 1 aliphatic rings. The minimum atomic E-state index is -0.153. The lowest BCUT2D eigenvalue weighted by Crippen LogP contribution is -1.97. The van der Waals surface area contributed by atoms with Gasteiger partial charge in [-0.1, -0.05) is 0 Å². The van der Waals surface area contributed by atoms with Crippen LogP contribution in [0.4, 0.5) is 0 Å². The van der Waals surface area contributed by atoms with E-state index in [0.717, 1.165) is 17.0 Å². The standard InChI is InChI=1S/C21H18N2O5/c1-25-18-7-4-14(10-20(18)26-2)17(24)6-5-15-11-16(23-22-15)13-3-8-19-21(9-13)28-12-27-19/h3-11H,12H2,1-2H3,(H,22,23). The molecule has 4 rings (SSSR count). The van der Waals surface area contributed by atoms with E-state index < -0.39 is 0 Å². The zero-order valence-electron chi connectivity index (χ0n) is 15.4. The van der Waals surface area contributed by atoms with Crippen molar-refractivity contribution in [3.63, 3.8) is 0 Å². The number of fused-ring (bicyclic) bond motifs is 1. The zero-order chi connectivity index (χ0) is 19.5. The Labute approximate surface area is 161 Å². The van der Waals surface area contributed by atoms with Gasteiger partial charge in [-0.25, -0.2) is 0 Å². The topological polar surface area (TPSA) is 82.7 Å². The minimum absolute atomic E-state index is 0.153. The molecule has 2 heterocycles. The highest BCUT2D eigenvalue weighted by atomic mass is 16.7. The number of methoxy groups -OCH3 is 2. The number of hydrogen-bond donors (Lipinski definition) is 1. The van der Waals surface area contributed by atoms with Crippen LogP contribution in [0.1, 0.15) is 16.1 Å². The van der Waals surface area contributed by atoms with Crippen molar-refractivity contribution < 1.29 is 23.7 Å². The van der Waals surface area contributed by atoms with Gasteiger partial charge in [0, 0.05) is 11.1 Å². The van der Waals surface area contributed by atoms with Crippen LogP contribution in [0.3, 0.4) is 0 Å². The fourth-order valence-corrected chi connectivity index (χ4v) is 2.88. The number of nitrogens with one attached hydrogen (secondary N) is 1. The summed E-state index contributed by atoms with van der Waals surface area (Å²) in [6.07, 6.45) is 3.17. The molecule has 0 spiro atoms. The molecule has 0 bridgehead atoms. The Bertz CT molecular complexity index is 1050. The average molecular weight is 378 g/mol. The maximum absolute atomic E-state index is 12.4. The van der Waals surface area contributed by atoms with Gasteiger partial charge in [0.1, 0.15) is 0 Å². The third kappa shape index (κ3) is 3.42. The van der Waals surface area contributed by atoms with Crippen LogP contribution in [0.2, 0.25) is 0 Å². The van der Waals surface area contributed by atoms with E-state index in [9.17, 15) is 4.79 Å². The molecule has 0 fully saturated rings. The van der Waals surface area contributed by atoms with Gasteiger partial charge in [-0.15, -0.1) is 0 Å². The Balaban J connectivity index is 1.50. The van der Waals surface area contributed by atoms with Crippen LogP contribution in [0.15, 0.2) is 48.5 Å². The number of benzene rings is 2. The molecule has 7 nitrogen and oxygen atoms in total. The minimum Gasteiger partial charge on any atom is -0.493 e. The molecule has 0 saturated carbocycles. The summed E-state index contributed by atoms with van der Waals surface area (Å²) in [4.78, 5) is 12.4. The number of nitrogens with zero attached hydrogens (tertiary/aromatic N) is 1. The molecule has 3 aromatic rings. The molecule has 0 unspecified atom stereocenters. The van der Waals surface area contributed by atoms with Crippen LogP contribution in [-0.4, -0.2) is 37.0 Å². The summed E-state index contributed by atoms with van der Waals surface area (Å²) in [5.41, 5.74) is 2.86. The summed E-state index contributed by atoms with van der Waals surface area (Å²) in [6.45, 7) is 0.228. The maximum Gasteiger partial charge on any atom is 0.231 e. The second kappa shape index (κ2) is 7.48. The monoisotopic (exact) mass is 378 g/mol. The summed E-state index contributed by atoms with van der Waals surface area (Å²) in [5, 5.41) is 7.21. The fraction of sp³-hybridized carbons (Fsp3) is 0.143. The van der Waals surface area contributed by atoms with Crippen molar-refractivity contribution in [2.45, 2.75) is 0 Å². The second-order valence-corrected chi connectivity index (χ2v) is 6.04. The first kappa shape index (κ1) is 17.7. The highest BCUT2D eigenvalue weighted by Gasteiger charge is 2.15. The van der Waals surface area contributed by atoms with Crippen LogP contribution < -0.4 is 18.9 Å². The lowest BCUT2D eigenvalue weighted by atomic mass is 10.1. The summed E-state index contributed by atoms with van der Waals surface area (Å²) in [5.74, 6) is 2.35. The first-order chi connectivity index (χ1) is 13.7. The van der Waals surface area contributed by atoms with Crippen LogP contribution in [0.25, 0.3) is 17.3 Å². The van der Waals surface area contributed by atoms with Gasteiger partial charge in [0.05, 0.1) is 25.6 Å². The Kier molecular flexibility index (Phi) is 4.72. The zero-order valence-corrected chi connectivity index (χ0v) is 15.4. The van der Waals surface area contributed by atoms with Crippen molar-refractivity contribution >= 4 is 11.9 Å². The molecular formula is C21H18N2O5. The lowest BCUT2D eigenvalue weighted by Gasteiger charge is -2.07. The van der Waals surface area contributed by atoms with Gasteiger partial charge < -0.3 is 18.9 Å². The summed E-state index contributed by atoms with van der Waals surface area (Å²) in [6, 6.07) is 12.5. The Morgan fingerprint density at radius 3 is 2.68 bits per heavy atom. The molecule has 0 amide bonds. The number of H-pyrrole nitrogens is 1. The third-order valence-corrected chi connectivity index (χ3v) is 4.35. The average Bonchev–Trinajstić information content (AvgIpc) is 3.40. The molecule has 7 heteroatoms. The van der Waals surface area contributed by atoms with E-state index in [1.54, 1.807) is 31.4 Å². The van der Waals surface area contributed by atoms with E-state index in [-0.39, 0.29) is 12.6 Å². The first-order valence-electron chi connectivity index (χ1n) is 8.58. The number of ketones is 1. The lowest BCUT2D eigenvalue weighted by molar-refractivity contribution is 0.104. The van der Waals surface area contributed by atoms with Crippen molar-refractivity contribution in [2.75, 3.05) is 21.0 Å². The molecule has 0 radical (unpaired) electrons. The number of aromatic nitrogens is 2. The largest absolute Gasteiger partial charge is 0.493 e. The van der Waals surface area contributed by atoms with Gasteiger partial charge in [-0.2, -0.15) is 5.10 Å². The normalized spacial score (nSPS) is 12.4. The predicted molar refractivity (Wildman–Crippen MR) is 103 cm³/mol. The van der Waals surface area contributed by atoms with Crippen molar-refractivity contribution in [2.24, 2.45) is 0 Å². The number of allylic oxidation sites excluding steroid dienone is 1.